The van der Waals surface area contributed by atoms with Crippen LogP contribution in [0.3, 0.4) is 0 Å². The van der Waals surface area contributed by atoms with Gasteiger partial charge in [-0.05, 0) is 38.1 Å². The van der Waals surface area contributed by atoms with Gasteiger partial charge in [-0.25, -0.2) is 9.97 Å². The number of amides is 1. The summed E-state index contributed by atoms with van der Waals surface area (Å²) in [5.74, 6) is 1.28. The van der Waals surface area contributed by atoms with Gasteiger partial charge in [-0.2, -0.15) is 0 Å². The van der Waals surface area contributed by atoms with Crippen molar-refractivity contribution in [2.45, 2.75) is 13.8 Å². The first-order chi connectivity index (χ1) is 12.6. The molecule has 3 aromatic rings. The molecule has 0 radical (unpaired) electrons. The number of piperazine rings is 1. The topological polar surface area (TPSA) is 62.5 Å². The minimum atomic E-state index is -0.0486. The molecule has 6 nitrogen and oxygen atoms in total. The summed E-state index contributed by atoms with van der Waals surface area (Å²) in [7, 11) is 0. The van der Waals surface area contributed by atoms with Crippen molar-refractivity contribution in [3.8, 4) is 10.6 Å². The number of rotatable bonds is 3. The van der Waals surface area contributed by atoms with Gasteiger partial charge in [0.05, 0.1) is 12.0 Å². The summed E-state index contributed by atoms with van der Waals surface area (Å²) in [4.78, 5) is 26.8. The van der Waals surface area contributed by atoms with E-state index in [0.717, 1.165) is 35.2 Å². The van der Waals surface area contributed by atoms with E-state index in [-0.39, 0.29) is 5.91 Å². The molecule has 1 amide bonds. The summed E-state index contributed by atoms with van der Waals surface area (Å²) < 4.78 is 5.20. The van der Waals surface area contributed by atoms with Crippen LogP contribution in [0, 0.1) is 13.8 Å². The lowest BCUT2D eigenvalue weighted by atomic mass is 10.2. The third-order valence-corrected chi connectivity index (χ3v) is 5.77. The van der Waals surface area contributed by atoms with Crippen molar-refractivity contribution < 1.29 is 9.21 Å². The zero-order valence-corrected chi connectivity index (χ0v) is 15.6. The molecule has 4 rings (SSSR count). The van der Waals surface area contributed by atoms with Crippen LogP contribution in [-0.4, -0.2) is 47.0 Å². The SMILES string of the molecule is Cc1nc(-c2ccc(N3CCN(C(=O)c4ccco4)CC3)nc2)sc1C. The van der Waals surface area contributed by atoms with E-state index in [1.54, 1.807) is 23.5 Å². The number of thiazole rings is 1. The van der Waals surface area contributed by atoms with E-state index < -0.39 is 0 Å². The molecule has 26 heavy (non-hydrogen) atoms. The molecule has 0 atom stereocenters. The number of furan rings is 1. The maximum Gasteiger partial charge on any atom is 0.289 e. The number of pyridine rings is 1. The molecule has 4 heterocycles. The zero-order valence-electron chi connectivity index (χ0n) is 14.8. The molecule has 3 aromatic heterocycles. The third kappa shape index (κ3) is 3.22. The summed E-state index contributed by atoms with van der Waals surface area (Å²) in [5, 5.41) is 1.01. The lowest BCUT2D eigenvalue weighted by molar-refractivity contribution is 0.0714. The lowest BCUT2D eigenvalue weighted by Gasteiger charge is -2.35. The van der Waals surface area contributed by atoms with Crippen LogP contribution >= 0.6 is 11.3 Å². The highest BCUT2D eigenvalue weighted by Gasteiger charge is 2.24. The molecule has 1 aliphatic heterocycles. The Kier molecular flexibility index (Phi) is 4.46. The van der Waals surface area contributed by atoms with Crippen LogP contribution in [0.5, 0.6) is 0 Å². The number of aromatic nitrogens is 2. The molecular weight excluding hydrogens is 348 g/mol. The normalized spacial score (nSPS) is 14.7. The van der Waals surface area contributed by atoms with Crippen LogP contribution in [0.1, 0.15) is 21.1 Å². The summed E-state index contributed by atoms with van der Waals surface area (Å²) in [6, 6.07) is 7.54. The summed E-state index contributed by atoms with van der Waals surface area (Å²) >= 11 is 1.69. The maximum absolute atomic E-state index is 12.3. The van der Waals surface area contributed by atoms with Gasteiger partial charge in [0, 0.05) is 42.8 Å². The van der Waals surface area contributed by atoms with Crippen LogP contribution in [0.25, 0.3) is 10.6 Å². The van der Waals surface area contributed by atoms with E-state index >= 15 is 0 Å². The quantitative estimate of drug-likeness (QED) is 0.709. The molecule has 0 saturated carbocycles. The highest BCUT2D eigenvalue weighted by atomic mass is 32.1. The van der Waals surface area contributed by atoms with Crippen LogP contribution in [0.4, 0.5) is 5.82 Å². The van der Waals surface area contributed by atoms with E-state index in [1.165, 1.54) is 11.1 Å². The van der Waals surface area contributed by atoms with Gasteiger partial charge < -0.3 is 14.2 Å². The number of hydrogen-bond acceptors (Lipinski definition) is 6. The second-order valence-electron chi connectivity index (χ2n) is 6.32. The minimum Gasteiger partial charge on any atom is -0.459 e. The molecule has 0 spiro atoms. The van der Waals surface area contributed by atoms with Gasteiger partial charge in [0.15, 0.2) is 5.76 Å². The highest BCUT2D eigenvalue weighted by molar-refractivity contribution is 7.15. The number of carbonyl (C=O) groups excluding carboxylic acids is 1. The van der Waals surface area contributed by atoms with Gasteiger partial charge in [-0.3, -0.25) is 4.79 Å². The van der Waals surface area contributed by atoms with Crippen molar-refractivity contribution in [2.24, 2.45) is 0 Å². The Balaban J connectivity index is 1.41. The predicted octanol–water partition coefficient (Wildman–Crippen LogP) is 3.38. The molecule has 0 unspecified atom stereocenters. The molecule has 1 fully saturated rings. The zero-order chi connectivity index (χ0) is 18.1. The second-order valence-corrected chi connectivity index (χ2v) is 7.53. The van der Waals surface area contributed by atoms with E-state index in [9.17, 15) is 4.79 Å². The highest BCUT2D eigenvalue weighted by Crippen LogP contribution is 2.28. The average molecular weight is 368 g/mol. The Morgan fingerprint density at radius 2 is 1.96 bits per heavy atom. The van der Waals surface area contributed by atoms with Gasteiger partial charge in [-0.1, -0.05) is 0 Å². The summed E-state index contributed by atoms with van der Waals surface area (Å²) in [6.45, 7) is 6.95. The van der Waals surface area contributed by atoms with Gasteiger partial charge in [0.1, 0.15) is 10.8 Å². The van der Waals surface area contributed by atoms with Gasteiger partial charge in [0.2, 0.25) is 0 Å². The first kappa shape index (κ1) is 16.8. The second kappa shape index (κ2) is 6.92. The van der Waals surface area contributed by atoms with Crippen molar-refractivity contribution in [1.29, 1.82) is 0 Å². The number of nitrogens with zero attached hydrogens (tertiary/aromatic N) is 4. The predicted molar refractivity (Wildman–Crippen MR) is 102 cm³/mol. The fraction of sp³-hybridized carbons (Fsp3) is 0.316. The maximum atomic E-state index is 12.3. The van der Waals surface area contributed by atoms with Crippen LogP contribution < -0.4 is 4.90 Å². The Labute approximate surface area is 156 Å². The Morgan fingerprint density at radius 1 is 1.15 bits per heavy atom. The molecule has 0 aromatic carbocycles. The van der Waals surface area contributed by atoms with E-state index in [4.69, 9.17) is 4.42 Å². The number of hydrogen-bond donors (Lipinski definition) is 0. The van der Waals surface area contributed by atoms with Gasteiger partial charge in [0.25, 0.3) is 5.91 Å². The largest absolute Gasteiger partial charge is 0.459 e. The number of anilines is 1. The summed E-state index contributed by atoms with van der Waals surface area (Å²) in [6.07, 6.45) is 3.41. The van der Waals surface area contributed by atoms with Gasteiger partial charge >= 0.3 is 0 Å². The van der Waals surface area contributed by atoms with Crippen molar-refractivity contribution >= 4 is 23.1 Å². The van der Waals surface area contributed by atoms with Crippen LogP contribution in [0.2, 0.25) is 0 Å². The van der Waals surface area contributed by atoms with E-state index in [1.807, 2.05) is 24.1 Å². The molecule has 0 aliphatic carbocycles. The summed E-state index contributed by atoms with van der Waals surface area (Å²) in [5.41, 5.74) is 2.12. The van der Waals surface area contributed by atoms with Crippen molar-refractivity contribution in [1.82, 2.24) is 14.9 Å². The average Bonchev–Trinajstić information content (AvgIpc) is 3.32. The molecule has 7 heteroatoms. The Hall–Kier alpha value is -2.67. The molecule has 0 N–H and O–H groups in total. The van der Waals surface area contributed by atoms with Crippen LogP contribution in [-0.2, 0) is 0 Å². The third-order valence-electron chi connectivity index (χ3n) is 4.65. The number of carbonyl (C=O) groups is 1. The fourth-order valence-electron chi connectivity index (χ4n) is 2.99. The monoisotopic (exact) mass is 368 g/mol. The molecule has 1 saturated heterocycles. The lowest BCUT2D eigenvalue weighted by Crippen LogP contribution is -2.49. The van der Waals surface area contributed by atoms with Crippen molar-refractivity contribution in [3.63, 3.8) is 0 Å². The van der Waals surface area contributed by atoms with E-state index in [0.29, 0.717) is 18.8 Å². The minimum absolute atomic E-state index is 0.0486. The van der Waals surface area contributed by atoms with E-state index in [2.05, 4.69) is 27.9 Å². The van der Waals surface area contributed by atoms with Crippen molar-refractivity contribution in [2.75, 3.05) is 31.1 Å². The first-order valence-corrected chi connectivity index (χ1v) is 9.41. The fourth-order valence-corrected chi connectivity index (χ4v) is 3.90. The Bertz CT molecular complexity index is 875. The molecule has 0 bridgehead atoms. The van der Waals surface area contributed by atoms with Crippen molar-refractivity contribution in [3.05, 3.63) is 53.1 Å². The van der Waals surface area contributed by atoms with Gasteiger partial charge in [-0.15, -0.1) is 11.3 Å². The molecular formula is C19H20N4O2S. The molecule has 1 aliphatic rings. The molecule has 134 valence electrons. The smallest absolute Gasteiger partial charge is 0.289 e. The first-order valence-electron chi connectivity index (χ1n) is 8.60. The van der Waals surface area contributed by atoms with Crippen LogP contribution in [0.15, 0.2) is 41.1 Å². The standard InChI is InChI=1S/C19H20N4O2S/c1-13-14(2)26-18(21-13)15-5-6-17(20-12-15)22-7-9-23(10-8-22)19(24)16-4-3-11-25-16/h3-6,11-12H,7-10H2,1-2H3. The Morgan fingerprint density at radius 3 is 2.54 bits per heavy atom. The number of aryl methyl sites for hydroxylation is 2.